The van der Waals surface area contributed by atoms with E-state index in [2.05, 4.69) is 81.0 Å². The SMILES string of the molecule is c1ccc(-c2nc(-c3ccccc3)nc(-c3ccc(-n4c5ccncc5c5c6c(ccn6-c6ccccc6)cnc54)cc3)n2)cc1. The maximum atomic E-state index is 4.99. The van der Waals surface area contributed by atoms with E-state index in [9.17, 15) is 0 Å². The van der Waals surface area contributed by atoms with Gasteiger partial charge in [0.25, 0.3) is 0 Å². The maximum Gasteiger partial charge on any atom is 0.164 e. The van der Waals surface area contributed by atoms with Crippen LogP contribution in [0.15, 0.2) is 152 Å². The molecule has 7 nitrogen and oxygen atoms in total. The molecule has 0 spiro atoms. The Bertz CT molecular complexity index is 2440. The molecule has 0 amide bonds. The molecule has 0 bridgehead atoms. The van der Waals surface area contributed by atoms with Crippen LogP contribution in [-0.4, -0.2) is 34.1 Å². The van der Waals surface area contributed by atoms with Crippen LogP contribution in [0.1, 0.15) is 0 Å². The van der Waals surface area contributed by atoms with E-state index in [1.54, 1.807) is 0 Å². The zero-order chi connectivity index (χ0) is 30.5. The van der Waals surface area contributed by atoms with Gasteiger partial charge in [0.05, 0.1) is 16.4 Å². The van der Waals surface area contributed by atoms with Gasteiger partial charge in [0.2, 0.25) is 0 Å². The van der Waals surface area contributed by atoms with E-state index in [0.717, 1.165) is 60.9 Å². The fraction of sp³-hybridized carbons (Fsp3) is 0. The second-order valence-electron chi connectivity index (χ2n) is 11.1. The summed E-state index contributed by atoms with van der Waals surface area (Å²) in [5, 5.41) is 3.19. The van der Waals surface area contributed by atoms with Crippen molar-refractivity contribution in [3.8, 4) is 45.5 Å². The van der Waals surface area contributed by atoms with Gasteiger partial charge in [0.1, 0.15) is 5.65 Å². The fourth-order valence-corrected chi connectivity index (χ4v) is 6.19. The normalized spacial score (nSPS) is 11.5. The molecule has 9 aromatic rings. The lowest BCUT2D eigenvalue weighted by Crippen LogP contribution is -2.00. The molecular formula is C39H25N7. The largest absolute Gasteiger partial charge is 0.316 e. The highest BCUT2D eigenvalue weighted by Crippen LogP contribution is 2.37. The molecule has 0 N–H and O–H groups in total. The molecule has 5 heterocycles. The van der Waals surface area contributed by atoms with Crippen molar-refractivity contribution in [1.82, 2.24) is 34.1 Å². The van der Waals surface area contributed by atoms with Gasteiger partial charge in [-0.25, -0.2) is 19.9 Å². The number of rotatable bonds is 5. The van der Waals surface area contributed by atoms with Gasteiger partial charge in [0, 0.05) is 63.6 Å². The van der Waals surface area contributed by atoms with Crippen molar-refractivity contribution < 1.29 is 0 Å². The van der Waals surface area contributed by atoms with Crippen LogP contribution in [-0.2, 0) is 0 Å². The monoisotopic (exact) mass is 591 g/mol. The summed E-state index contributed by atoms with van der Waals surface area (Å²) in [6.07, 6.45) is 7.83. The van der Waals surface area contributed by atoms with Gasteiger partial charge in [-0.15, -0.1) is 0 Å². The van der Waals surface area contributed by atoms with Crippen LogP contribution in [0.5, 0.6) is 0 Å². The Morgan fingerprint density at radius 3 is 1.72 bits per heavy atom. The minimum atomic E-state index is 0.617. The van der Waals surface area contributed by atoms with Crippen LogP contribution in [0, 0.1) is 0 Å². The van der Waals surface area contributed by atoms with Gasteiger partial charge >= 0.3 is 0 Å². The number of benzene rings is 4. The van der Waals surface area contributed by atoms with Crippen LogP contribution in [0.3, 0.4) is 0 Å². The fourth-order valence-electron chi connectivity index (χ4n) is 6.19. The zero-order valence-electron chi connectivity index (χ0n) is 24.6. The van der Waals surface area contributed by atoms with E-state index in [1.807, 2.05) is 85.3 Å². The molecule has 0 aliphatic rings. The Balaban J connectivity index is 1.21. The quantitative estimate of drug-likeness (QED) is 0.200. The van der Waals surface area contributed by atoms with Crippen LogP contribution in [0.25, 0.3) is 78.4 Å². The van der Waals surface area contributed by atoms with Crippen LogP contribution in [0.2, 0.25) is 0 Å². The molecule has 0 unspecified atom stereocenters. The summed E-state index contributed by atoms with van der Waals surface area (Å²) >= 11 is 0. The zero-order valence-corrected chi connectivity index (χ0v) is 24.6. The van der Waals surface area contributed by atoms with E-state index >= 15 is 0 Å². The van der Waals surface area contributed by atoms with Crippen molar-refractivity contribution in [1.29, 1.82) is 0 Å². The maximum absolute atomic E-state index is 4.99. The number of fused-ring (bicyclic) bond motifs is 5. The van der Waals surface area contributed by atoms with Crippen LogP contribution < -0.4 is 0 Å². The summed E-state index contributed by atoms with van der Waals surface area (Å²) in [6, 6.07) is 43.0. The molecule has 0 fully saturated rings. The number of pyridine rings is 2. The van der Waals surface area contributed by atoms with Crippen molar-refractivity contribution in [3.63, 3.8) is 0 Å². The molecule has 0 aliphatic heterocycles. The Morgan fingerprint density at radius 1 is 0.500 bits per heavy atom. The lowest BCUT2D eigenvalue weighted by molar-refractivity contribution is 1.07. The van der Waals surface area contributed by atoms with Crippen LogP contribution >= 0.6 is 0 Å². The van der Waals surface area contributed by atoms with E-state index in [4.69, 9.17) is 19.9 Å². The first kappa shape index (κ1) is 26.0. The van der Waals surface area contributed by atoms with Gasteiger partial charge < -0.3 is 4.57 Å². The molecule has 216 valence electrons. The minimum Gasteiger partial charge on any atom is -0.316 e. The number of hydrogen-bond donors (Lipinski definition) is 0. The van der Waals surface area contributed by atoms with Crippen molar-refractivity contribution in [2.24, 2.45) is 0 Å². The smallest absolute Gasteiger partial charge is 0.164 e. The first-order valence-electron chi connectivity index (χ1n) is 15.1. The first-order valence-corrected chi connectivity index (χ1v) is 15.1. The van der Waals surface area contributed by atoms with Gasteiger partial charge in [-0.3, -0.25) is 9.55 Å². The Morgan fingerprint density at radius 2 is 1.09 bits per heavy atom. The van der Waals surface area contributed by atoms with E-state index < -0.39 is 0 Å². The Kier molecular flexibility index (Phi) is 5.99. The predicted molar refractivity (Wildman–Crippen MR) is 183 cm³/mol. The highest BCUT2D eigenvalue weighted by atomic mass is 15.1. The third-order valence-electron chi connectivity index (χ3n) is 8.34. The van der Waals surface area contributed by atoms with Gasteiger partial charge in [-0.2, -0.15) is 0 Å². The molecule has 7 heteroatoms. The topological polar surface area (TPSA) is 74.3 Å². The van der Waals surface area contributed by atoms with Crippen molar-refractivity contribution in [3.05, 3.63) is 152 Å². The summed E-state index contributed by atoms with van der Waals surface area (Å²) in [7, 11) is 0. The van der Waals surface area contributed by atoms with Crippen molar-refractivity contribution in [2.75, 3.05) is 0 Å². The van der Waals surface area contributed by atoms with E-state index in [-0.39, 0.29) is 0 Å². The van der Waals surface area contributed by atoms with Crippen LogP contribution in [0.4, 0.5) is 0 Å². The number of para-hydroxylation sites is 1. The molecule has 0 saturated carbocycles. The predicted octanol–water partition coefficient (Wildman–Crippen LogP) is 8.70. The lowest BCUT2D eigenvalue weighted by atomic mass is 10.1. The molecule has 46 heavy (non-hydrogen) atoms. The average Bonchev–Trinajstić information content (AvgIpc) is 3.72. The molecular weight excluding hydrogens is 566 g/mol. The van der Waals surface area contributed by atoms with Gasteiger partial charge in [0.15, 0.2) is 17.5 Å². The minimum absolute atomic E-state index is 0.617. The lowest BCUT2D eigenvalue weighted by Gasteiger charge is -2.10. The third-order valence-corrected chi connectivity index (χ3v) is 8.34. The second-order valence-corrected chi connectivity index (χ2v) is 11.1. The summed E-state index contributed by atoms with van der Waals surface area (Å²) in [4.78, 5) is 24.1. The first-order chi connectivity index (χ1) is 22.8. The number of hydrogen-bond acceptors (Lipinski definition) is 5. The molecule has 0 saturated heterocycles. The summed E-state index contributed by atoms with van der Waals surface area (Å²) in [5.74, 6) is 1.89. The number of aromatic nitrogens is 7. The average molecular weight is 592 g/mol. The summed E-state index contributed by atoms with van der Waals surface area (Å²) in [5.41, 5.74) is 7.89. The van der Waals surface area contributed by atoms with E-state index in [1.165, 1.54) is 0 Å². The Labute approximate surface area is 264 Å². The number of nitrogens with zero attached hydrogens (tertiary/aromatic N) is 7. The molecule has 5 aromatic heterocycles. The molecule has 9 rings (SSSR count). The van der Waals surface area contributed by atoms with Gasteiger partial charge in [-0.1, -0.05) is 78.9 Å². The van der Waals surface area contributed by atoms with Gasteiger partial charge in [-0.05, 0) is 48.5 Å². The van der Waals surface area contributed by atoms with Crippen molar-refractivity contribution in [2.45, 2.75) is 0 Å². The highest BCUT2D eigenvalue weighted by molar-refractivity contribution is 6.19. The summed E-state index contributed by atoms with van der Waals surface area (Å²) < 4.78 is 4.44. The molecule has 0 atom stereocenters. The highest BCUT2D eigenvalue weighted by Gasteiger charge is 2.19. The molecule has 0 radical (unpaired) electrons. The molecule has 4 aromatic carbocycles. The standard InChI is InChI=1S/C39H25N7/c1-4-10-26(11-5-1)36-42-37(27-12-6-2-7-13-27)44-38(43-36)28-16-18-31(19-17-28)46-33-20-22-40-25-32(33)34-35-29(24-41-39(34)46)21-23-45(35)30-14-8-3-9-15-30/h1-25H. The van der Waals surface area contributed by atoms with Crippen molar-refractivity contribution >= 4 is 32.8 Å². The Hall–Kier alpha value is -6.47. The summed E-state index contributed by atoms with van der Waals surface area (Å²) in [6.45, 7) is 0. The second kappa shape index (κ2) is 10.6. The molecule has 0 aliphatic carbocycles. The third kappa shape index (κ3) is 4.25. The van der Waals surface area contributed by atoms with E-state index in [0.29, 0.717) is 17.5 Å².